The topological polar surface area (TPSA) is 149 Å². The number of hydrogen-bond acceptors (Lipinski definition) is 8. The number of aliphatic hydroxyl groups excluding tert-OH is 5. The van der Waals surface area contributed by atoms with Gasteiger partial charge in [-0.1, -0.05) is 244 Å². The predicted molar refractivity (Wildman–Crippen MR) is 254 cm³/mol. The van der Waals surface area contributed by atoms with Gasteiger partial charge < -0.3 is 40.3 Å². The van der Waals surface area contributed by atoms with Gasteiger partial charge in [0.25, 0.3) is 0 Å². The summed E-state index contributed by atoms with van der Waals surface area (Å²) < 4.78 is 11.2. The molecule has 1 rings (SSSR count). The fourth-order valence-corrected chi connectivity index (χ4v) is 8.63. The average Bonchev–Trinajstić information content (AvgIpc) is 3.26. The van der Waals surface area contributed by atoms with Crippen LogP contribution >= 0.6 is 0 Å². The van der Waals surface area contributed by atoms with E-state index in [1.54, 1.807) is 6.08 Å². The number of unbranched alkanes of at least 4 members (excludes halogenated alkanes) is 35. The van der Waals surface area contributed by atoms with E-state index in [1.807, 2.05) is 6.08 Å². The number of rotatable bonds is 45. The first kappa shape index (κ1) is 57.9. The largest absolute Gasteiger partial charge is 0.394 e. The molecule has 1 aliphatic heterocycles. The first-order valence-electron chi connectivity index (χ1n) is 26.4. The third-order valence-electron chi connectivity index (χ3n) is 12.9. The lowest BCUT2D eigenvalue weighted by molar-refractivity contribution is -0.302. The number of carbonyl (C=O) groups excluding carboxylic acids is 1. The molecule has 0 aliphatic carbocycles. The second-order valence-electron chi connectivity index (χ2n) is 18.7. The molecule has 0 radical (unpaired) electrons. The number of allylic oxidation sites excluding steroid dienone is 1. The van der Waals surface area contributed by atoms with Gasteiger partial charge in [-0.05, 0) is 19.3 Å². The summed E-state index contributed by atoms with van der Waals surface area (Å²) in [5, 5.41) is 54.3. The zero-order chi connectivity index (χ0) is 44.4. The Hall–Kier alpha value is -1.07. The number of nitrogens with one attached hydrogen (secondary N) is 1. The second kappa shape index (κ2) is 42.9. The van der Waals surface area contributed by atoms with E-state index < -0.39 is 49.5 Å². The van der Waals surface area contributed by atoms with Gasteiger partial charge in [0.15, 0.2) is 6.29 Å². The van der Waals surface area contributed by atoms with Crippen LogP contribution in [0.4, 0.5) is 0 Å². The van der Waals surface area contributed by atoms with E-state index in [0.717, 1.165) is 38.5 Å². The Morgan fingerprint density at radius 2 is 0.902 bits per heavy atom. The Balaban J connectivity index is 2.20. The number of hydrogen-bond donors (Lipinski definition) is 6. The normalized spacial score (nSPS) is 20.4. The molecule has 9 heteroatoms. The second-order valence-corrected chi connectivity index (χ2v) is 18.7. The first-order valence-corrected chi connectivity index (χ1v) is 26.4. The maximum absolute atomic E-state index is 13.0. The van der Waals surface area contributed by atoms with Crippen molar-refractivity contribution in [3.05, 3.63) is 12.2 Å². The van der Waals surface area contributed by atoms with Crippen molar-refractivity contribution in [2.75, 3.05) is 13.2 Å². The molecule has 0 aromatic carbocycles. The monoisotopic (exact) mass is 868 g/mol. The standard InChI is InChI=1S/C52H101NO8/c1-3-5-7-9-11-13-15-17-18-19-20-21-22-23-24-25-26-27-28-30-32-34-36-38-40-42-48(56)53-45(44-60-52-51(59)50(58)49(57)47(43-54)61-52)46(55)41-39-37-35-33-31-29-16-14-12-10-8-6-4-2/h39,41,45-47,49-52,54-55,57-59H,3-38,40,42-44H2,1-2H3,(H,53,56)/b41-39+. The molecule has 7 atom stereocenters. The zero-order valence-corrected chi connectivity index (χ0v) is 39.9. The van der Waals surface area contributed by atoms with Crippen LogP contribution in [0.15, 0.2) is 12.2 Å². The molecule has 0 spiro atoms. The Labute approximate surface area is 376 Å². The highest BCUT2D eigenvalue weighted by Crippen LogP contribution is 2.23. The van der Waals surface area contributed by atoms with E-state index in [2.05, 4.69) is 19.2 Å². The van der Waals surface area contributed by atoms with Crippen molar-refractivity contribution in [2.45, 2.75) is 301 Å². The fraction of sp³-hybridized carbons (Fsp3) is 0.942. The summed E-state index contributed by atoms with van der Waals surface area (Å²) >= 11 is 0. The van der Waals surface area contributed by atoms with E-state index in [0.29, 0.717) is 6.42 Å². The molecule has 0 saturated carbocycles. The summed E-state index contributed by atoms with van der Waals surface area (Å²) in [6.07, 6.45) is 44.2. The van der Waals surface area contributed by atoms with Gasteiger partial charge in [-0.2, -0.15) is 0 Å². The van der Waals surface area contributed by atoms with Crippen LogP contribution < -0.4 is 5.32 Å². The summed E-state index contributed by atoms with van der Waals surface area (Å²) in [5.74, 6) is -0.172. The van der Waals surface area contributed by atoms with Crippen molar-refractivity contribution >= 4 is 5.91 Å². The Morgan fingerprint density at radius 3 is 1.28 bits per heavy atom. The molecule has 1 aliphatic rings. The van der Waals surface area contributed by atoms with Gasteiger partial charge in [-0.3, -0.25) is 4.79 Å². The van der Waals surface area contributed by atoms with Gasteiger partial charge in [0.05, 0.1) is 25.4 Å². The van der Waals surface area contributed by atoms with Crippen molar-refractivity contribution < 1.29 is 39.8 Å². The molecule has 0 aromatic heterocycles. The first-order chi connectivity index (χ1) is 29.8. The Morgan fingerprint density at radius 1 is 0.541 bits per heavy atom. The molecule has 0 bridgehead atoms. The minimum atomic E-state index is -1.56. The van der Waals surface area contributed by atoms with Gasteiger partial charge in [-0.15, -0.1) is 0 Å². The van der Waals surface area contributed by atoms with Crippen LogP contribution in [0.25, 0.3) is 0 Å². The predicted octanol–water partition coefficient (Wildman–Crippen LogP) is 12.1. The van der Waals surface area contributed by atoms with Crippen LogP contribution in [0.2, 0.25) is 0 Å². The highest BCUT2D eigenvalue weighted by molar-refractivity contribution is 5.76. The van der Waals surface area contributed by atoms with Crippen LogP contribution in [0, 0.1) is 0 Å². The lowest BCUT2D eigenvalue weighted by Gasteiger charge is -2.40. The molecule has 1 heterocycles. The van der Waals surface area contributed by atoms with Gasteiger partial charge in [-0.25, -0.2) is 0 Å². The van der Waals surface area contributed by atoms with Crippen LogP contribution in [0.3, 0.4) is 0 Å². The Kier molecular flexibility index (Phi) is 40.7. The zero-order valence-electron chi connectivity index (χ0n) is 39.9. The van der Waals surface area contributed by atoms with E-state index in [1.165, 1.54) is 199 Å². The highest BCUT2D eigenvalue weighted by atomic mass is 16.7. The minimum Gasteiger partial charge on any atom is -0.394 e. The maximum Gasteiger partial charge on any atom is 0.220 e. The summed E-state index contributed by atoms with van der Waals surface area (Å²) in [6.45, 7) is 3.80. The van der Waals surface area contributed by atoms with Gasteiger partial charge in [0.2, 0.25) is 5.91 Å². The quantitative estimate of drug-likeness (QED) is 0.0262. The highest BCUT2D eigenvalue weighted by Gasteiger charge is 2.44. The summed E-state index contributed by atoms with van der Waals surface area (Å²) in [4.78, 5) is 13.0. The molecule has 1 saturated heterocycles. The van der Waals surface area contributed by atoms with E-state index in [4.69, 9.17) is 9.47 Å². The third kappa shape index (κ3) is 33.1. The van der Waals surface area contributed by atoms with Crippen LogP contribution in [-0.2, 0) is 14.3 Å². The van der Waals surface area contributed by atoms with Crippen LogP contribution in [-0.4, -0.2) is 87.5 Å². The molecule has 9 nitrogen and oxygen atoms in total. The fourth-order valence-electron chi connectivity index (χ4n) is 8.63. The number of aliphatic hydroxyl groups is 5. The van der Waals surface area contributed by atoms with Crippen molar-refractivity contribution in [2.24, 2.45) is 0 Å². The molecule has 6 N–H and O–H groups in total. The van der Waals surface area contributed by atoms with Gasteiger partial charge >= 0.3 is 0 Å². The molecule has 362 valence electrons. The van der Waals surface area contributed by atoms with Gasteiger partial charge in [0, 0.05) is 6.42 Å². The number of amides is 1. The third-order valence-corrected chi connectivity index (χ3v) is 12.9. The van der Waals surface area contributed by atoms with Gasteiger partial charge in [0.1, 0.15) is 24.4 Å². The van der Waals surface area contributed by atoms with Crippen LogP contribution in [0.5, 0.6) is 0 Å². The number of carbonyl (C=O) groups is 1. The number of ether oxygens (including phenoxy) is 2. The molecule has 7 unspecified atom stereocenters. The molecule has 61 heavy (non-hydrogen) atoms. The average molecular weight is 868 g/mol. The van der Waals surface area contributed by atoms with Crippen molar-refractivity contribution in [3.63, 3.8) is 0 Å². The SMILES string of the molecule is CCCCCCCCCCCCC/C=C/C(O)C(COC1OC(CO)C(O)C(O)C1O)NC(=O)CCCCCCCCCCCCCCCCCCCCCCCCCCC. The molecule has 1 amide bonds. The van der Waals surface area contributed by atoms with E-state index in [9.17, 15) is 30.3 Å². The van der Waals surface area contributed by atoms with Crippen molar-refractivity contribution in [3.8, 4) is 0 Å². The summed E-state index contributed by atoms with van der Waals surface area (Å²) in [6, 6.07) is -0.798. The molecular formula is C52H101NO8. The molecule has 0 aromatic rings. The smallest absolute Gasteiger partial charge is 0.220 e. The van der Waals surface area contributed by atoms with E-state index in [-0.39, 0.29) is 12.5 Å². The van der Waals surface area contributed by atoms with Crippen molar-refractivity contribution in [1.29, 1.82) is 0 Å². The van der Waals surface area contributed by atoms with Crippen LogP contribution in [0.1, 0.15) is 258 Å². The van der Waals surface area contributed by atoms with Crippen molar-refractivity contribution in [1.82, 2.24) is 5.32 Å². The molecular weight excluding hydrogens is 767 g/mol. The van der Waals surface area contributed by atoms with E-state index >= 15 is 0 Å². The Bertz CT molecular complexity index is 966. The lowest BCUT2D eigenvalue weighted by atomic mass is 9.99. The summed E-state index contributed by atoms with van der Waals surface area (Å²) in [7, 11) is 0. The minimum absolute atomic E-state index is 0.172. The lowest BCUT2D eigenvalue weighted by Crippen LogP contribution is -2.60. The maximum atomic E-state index is 13.0. The molecule has 1 fully saturated rings. The summed E-state index contributed by atoms with van der Waals surface area (Å²) in [5.41, 5.74) is 0.